The van der Waals surface area contributed by atoms with Gasteiger partial charge in [-0.15, -0.1) is 0 Å². The molecule has 0 saturated carbocycles. The lowest BCUT2D eigenvalue weighted by Crippen LogP contribution is -2.39. The average Bonchev–Trinajstić information content (AvgIpc) is 2.26. The second-order valence-corrected chi connectivity index (χ2v) is 5.18. The summed E-state index contributed by atoms with van der Waals surface area (Å²) in [7, 11) is 2.00. The van der Waals surface area contributed by atoms with E-state index in [9.17, 15) is 0 Å². The fraction of sp³-hybridized carbons (Fsp3) is 0.667. The Bertz CT molecular complexity index is 346. The number of aliphatic hydroxyl groups excluding tert-OH is 1. The Morgan fingerprint density at radius 3 is 2.50 bits per heavy atom. The Morgan fingerprint density at radius 1 is 1.38 bits per heavy atom. The summed E-state index contributed by atoms with van der Waals surface area (Å²) in [6.07, 6.45) is 3.31. The van der Waals surface area contributed by atoms with Crippen molar-refractivity contribution in [2.75, 3.05) is 11.9 Å². The molecule has 0 bridgehead atoms. The van der Waals surface area contributed by atoms with Crippen LogP contribution in [-0.2, 0) is 6.61 Å². The van der Waals surface area contributed by atoms with Crippen LogP contribution in [0.3, 0.4) is 0 Å². The van der Waals surface area contributed by atoms with Gasteiger partial charge in [-0.1, -0.05) is 20.8 Å². The largest absolute Gasteiger partial charge is 0.390 e. The van der Waals surface area contributed by atoms with Gasteiger partial charge in [-0.2, -0.15) is 0 Å². The van der Waals surface area contributed by atoms with E-state index in [4.69, 9.17) is 5.11 Å². The van der Waals surface area contributed by atoms with Crippen LogP contribution in [0.1, 0.15) is 33.4 Å². The molecule has 1 heterocycles. The lowest BCUT2D eigenvalue weighted by Gasteiger charge is -2.36. The van der Waals surface area contributed by atoms with Gasteiger partial charge in [0.25, 0.3) is 0 Å². The molecule has 1 aromatic heterocycles. The van der Waals surface area contributed by atoms with E-state index in [1.54, 1.807) is 12.4 Å². The maximum Gasteiger partial charge on any atom is 0.147 e. The van der Waals surface area contributed by atoms with Gasteiger partial charge in [0.1, 0.15) is 5.82 Å². The summed E-state index contributed by atoms with van der Waals surface area (Å²) in [6.45, 7) is 8.67. The van der Waals surface area contributed by atoms with E-state index in [-0.39, 0.29) is 12.0 Å². The van der Waals surface area contributed by atoms with Crippen LogP contribution in [0.5, 0.6) is 0 Å². The van der Waals surface area contributed by atoms with Crippen molar-refractivity contribution >= 4 is 5.82 Å². The minimum atomic E-state index is -0.0709. The molecule has 0 fully saturated rings. The summed E-state index contributed by atoms with van der Waals surface area (Å²) in [6, 6.07) is 0.343. The Kier molecular flexibility index (Phi) is 3.86. The van der Waals surface area contributed by atoms with Gasteiger partial charge in [-0.05, 0) is 12.3 Å². The summed E-state index contributed by atoms with van der Waals surface area (Å²) in [5.41, 5.74) is 0.775. The normalized spacial score (nSPS) is 13.6. The molecule has 1 aromatic rings. The topological polar surface area (TPSA) is 49.2 Å². The monoisotopic (exact) mass is 223 g/mol. The van der Waals surface area contributed by atoms with E-state index in [0.29, 0.717) is 11.7 Å². The first-order chi connectivity index (χ1) is 7.36. The molecule has 0 aromatic carbocycles. The number of anilines is 1. The molecule has 0 aliphatic heterocycles. The predicted molar refractivity (Wildman–Crippen MR) is 65.3 cm³/mol. The van der Waals surface area contributed by atoms with E-state index in [2.05, 4.69) is 42.6 Å². The van der Waals surface area contributed by atoms with Gasteiger partial charge in [0.2, 0.25) is 0 Å². The molecule has 0 amide bonds. The Balaban J connectivity index is 2.91. The zero-order valence-corrected chi connectivity index (χ0v) is 10.7. The van der Waals surface area contributed by atoms with Crippen LogP contribution in [0.15, 0.2) is 12.4 Å². The van der Waals surface area contributed by atoms with Crippen molar-refractivity contribution < 1.29 is 5.11 Å². The van der Waals surface area contributed by atoms with Gasteiger partial charge in [0.05, 0.1) is 24.7 Å². The van der Waals surface area contributed by atoms with Crippen molar-refractivity contribution in [2.45, 2.75) is 40.3 Å². The van der Waals surface area contributed by atoms with E-state index < -0.39 is 0 Å². The molecular formula is C12H21N3O. The first-order valence-corrected chi connectivity index (χ1v) is 5.51. The van der Waals surface area contributed by atoms with Crippen LogP contribution in [-0.4, -0.2) is 28.2 Å². The summed E-state index contributed by atoms with van der Waals surface area (Å²) in [4.78, 5) is 10.5. The van der Waals surface area contributed by atoms with Gasteiger partial charge < -0.3 is 10.0 Å². The maximum atomic E-state index is 9.02. The zero-order valence-electron chi connectivity index (χ0n) is 10.7. The minimum Gasteiger partial charge on any atom is -0.390 e. The molecule has 4 heteroatoms. The van der Waals surface area contributed by atoms with Crippen LogP contribution in [0.4, 0.5) is 5.82 Å². The molecule has 1 N–H and O–H groups in total. The number of aliphatic hydroxyl groups is 1. The number of nitrogens with zero attached hydrogens (tertiary/aromatic N) is 3. The fourth-order valence-corrected chi connectivity index (χ4v) is 1.42. The van der Waals surface area contributed by atoms with Gasteiger partial charge in [0.15, 0.2) is 0 Å². The number of rotatable bonds is 3. The molecule has 0 radical (unpaired) electrons. The summed E-state index contributed by atoms with van der Waals surface area (Å²) < 4.78 is 0. The highest BCUT2D eigenvalue weighted by molar-refractivity contribution is 5.36. The Labute approximate surface area is 97.3 Å². The second-order valence-electron chi connectivity index (χ2n) is 5.18. The minimum absolute atomic E-state index is 0.0709. The molecule has 0 aliphatic rings. The van der Waals surface area contributed by atoms with Crippen LogP contribution in [0.25, 0.3) is 0 Å². The maximum absolute atomic E-state index is 9.02. The highest BCUT2D eigenvalue weighted by Crippen LogP contribution is 2.25. The molecule has 90 valence electrons. The lowest BCUT2D eigenvalue weighted by molar-refractivity contribution is 0.276. The van der Waals surface area contributed by atoms with Crippen molar-refractivity contribution in [2.24, 2.45) is 5.41 Å². The molecule has 4 nitrogen and oxygen atoms in total. The standard InChI is InChI=1S/C12H21N3O/c1-9(12(2,3)4)15(5)11-7-13-6-10(8-16)14-11/h6-7,9,16H,8H2,1-5H3. The molecule has 0 aliphatic carbocycles. The van der Waals surface area contributed by atoms with E-state index >= 15 is 0 Å². The molecule has 1 atom stereocenters. The van der Waals surface area contributed by atoms with Crippen molar-refractivity contribution in [1.82, 2.24) is 9.97 Å². The quantitative estimate of drug-likeness (QED) is 0.849. The first kappa shape index (κ1) is 12.9. The number of hydrogen-bond acceptors (Lipinski definition) is 4. The molecule has 1 rings (SSSR count). The molecular weight excluding hydrogens is 202 g/mol. The highest BCUT2D eigenvalue weighted by Gasteiger charge is 2.24. The second kappa shape index (κ2) is 4.78. The third-order valence-electron chi connectivity index (χ3n) is 3.03. The highest BCUT2D eigenvalue weighted by atomic mass is 16.3. The molecule has 1 unspecified atom stereocenters. The Hall–Kier alpha value is -1.16. The smallest absolute Gasteiger partial charge is 0.147 e. The van der Waals surface area contributed by atoms with Crippen LogP contribution >= 0.6 is 0 Å². The van der Waals surface area contributed by atoms with E-state index in [1.807, 2.05) is 7.05 Å². The average molecular weight is 223 g/mol. The van der Waals surface area contributed by atoms with Crippen molar-refractivity contribution in [1.29, 1.82) is 0 Å². The molecule has 0 spiro atoms. The number of aromatic nitrogens is 2. The number of hydrogen-bond donors (Lipinski definition) is 1. The third-order valence-corrected chi connectivity index (χ3v) is 3.03. The molecule has 0 saturated heterocycles. The van der Waals surface area contributed by atoms with Gasteiger partial charge in [0, 0.05) is 13.1 Å². The van der Waals surface area contributed by atoms with Crippen LogP contribution in [0, 0.1) is 5.41 Å². The zero-order chi connectivity index (χ0) is 12.3. The summed E-state index contributed by atoms with van der Waals surface area (Å²) in [5, 5.41) is 9.02. The third kappa shape index (κ3) is 2.92. The Morgan fingerprint density at radius 2 is 2.00 bits per heavy atom. The van der Waals surface area contributed by atoms with E-state index in [1.165, 1.54) is 0 Å². The summed E-state index contributed by atoms with van der Waals surface area (Å²) >= 11 is 0. The van der Waals surface area contributed by atoms with E-state index in [0.717, 1.165) is 5.82 Å². The van der Waals surface area contributed by atoms with Crippen molar-refractivity contribution in [3.8, 4) is 0 Å². The van der Waals surface area contributed by atoms with Crippen LogP contribution in [0.2, 0.25) is 0 Å². The van der Waals surface area contributed by atoms with Crippen LogP contribution < -0.4 is 4.90 Å². The first-order valence-electron chi connectivity index (χ1n) is 5.51. The summed E-state index contributed by atoms with van der Waals surface area (Å²) in [5.74, 6) is 0.800. The predicted octanol–water partition coefficient (Wildman–Crippen LogP) is 1.84. The molecule has 16 heavy (non-hydrogen) atoms. The van der Waals surface area contributed by atoms with Gasteiger partial charge in [-0.3, -0.25) is 4.98 Å². The SMILES string of the molecule is CC(N(C)c1cncc(CO)n1)C(C)(C)C. The van der Waals surface area contributed by atoms with Crippen molar-refractivity contribution in [3.05, 3.63) is 18.1 Å². The van der Waals surface area contributed by atoms with Gasteiger partial charge in [-0.25, -0.2) is 4.98 Å². The lowest BCUT2D eigenvalue weighted by atomic mass is 9.87. The van der Waals surface area contributed by atoms with Gasteiger partial charge >= 0.3 is 0 Å². The van der Waals surface area contributed by atoms with Crippen molar-refractivity contribution in [3.63, 3.8) is 0 Å². The fourth-order valence-electron chi connectivity index (χ4n) is 1.42.